The van der Waals surface area contributed by atoms with Crippen molar-refractivity contribution < 1.29 is 9.00 Å². The molecule has 1 amide bonds. The van der Waals surface area contributed by atoms with Crippen molar-refractivity contribution in [1.29, 1.82) is 0 Å². The third-order valence-electron chi connectivity index (χ3n) is 3.07. The van der Waals surface area contributed by atoms with Gasteiger partial charge < -0.3 is 5.32 Å². The van der Waals surface area contributed by atoms with Crippen LogP contribution in [0.25, 0.3) is 0 Å². The van der Waals surface area contributed by atoms with Crippen LogP contribution in [0.15, 0.2) is 64.4 Å². The number of amides is 1. The molecular formula is C17H19NO2S2. The average Bonchev–Trinajstić information content (AvgIpc) is 2.55. The Kier molecular flexibility index (Phi) is 6.68. The first-order valence-electron chi connectivity index (χ1n) is 7.06. The minimum atomic E-state index is -1.01. The van der Waals surface area contributed by atoms with Gasteiger partial charge >= 0.3 is 0 Å². The van der Waals surface area contributed by atoms with Gasteiger partial charge in [-0.1, -0.05) is 18.2 Å². The minimum Gasteiger partial charge on any atom is -0.352 e. The topological polar surface area (TPSA) is 46.2 Å². The number of thioether (sulfide) groups is 1. The Morgan fingerprint density at radius 2 is 1.77 bits per heavy atom. The lowest BCUT2D eigenvalue weighted by Crippen LogP contribution is -2.24. The van der Waals surface area contributed by atoms with Crippen LogP contribution in [0, 0.1) is 0 Å². The molecule has 1 N–H and O–H groups in total. The van der Waals surface area contributed by atoms with Gasteiger partial charge in [0.2, 0.25) is 0 Å². The van der Waals surface area contributed by atoms with Crippen LogP contribution in [0.1, 0.15) is 16.8 Å². The summed E-state index contributed by atoms with van der Waals surface area (Å²) in [5.41, 5.74) is 0.602. The molecule has 1 atom stereocenters. The third-order valence-corrected chi connectivity index (χ3v) is 5.10. The van der Waals surface area contributed by atoms with E-state index in [4.69, 9.17) is 0 Å². The van der Waals surface area contributed by atoms with E-state index in [-0.39, 0.29) is 5.91 Å². The second-order valence-electron chi connectivity index (χ2n) is 4.75. The maximum Gasteiger partial charge on any atom is 0.251 e. The highest BCUT2D eigenvalue weighted by atomic mass is 32.2. The molecule has 0 aliphatic rings. The number of carbonyl (C=O) groups excluding carboxylic acids is 1. The zero-order chi connectivity index (χ0) is 15.8. The third kappa shape index (κ3) is 5.31. The fraction of sp³-hybridized carbons (Fsp3) is 0.235. The number of benzene rings is 2. The molecule has 0 aromatic heterocycles. The summed E-state index contributed by atoms with van der Waals surface area (Å²) in [5, 5.41) is 2.91. The second kappa shape index (κ2) is 8.76. The smallest absolute Gasteiger partial charge is 0.251 e. The van der Waals surface area contributed by atoms with Gasteiger partial charge in [-0.15, -0.1) is 11.8 Å². The Morgan fingerprint density at radius 3 is 2.41 bits per heavy atom. The summed E-state index contributed by atoms with van der Waals surface area (Å²) >= 11 is 1.79. The summed E-state index contributed by atoms with van der Waals surface area (Å²) in [6.45, 7) is 0.653. The molecule has 2 rings (SSSR count). The molecule has 5 heteroatoms. The van der Waals surface area contributed by atoms with Crippen LogP contribution in [-0.4, -0.2) is 28.7 Å². The van der Waals surface area contributed by atoms with Crippen LogP contribution >= 0.6 is 11.8 Å². The standard InChI is InChI=1S/C17H19NO2S2/c1-22(20)16-10-8-14(9-11-16)17(19)18-12-5-13-21-15-6-3-2-4-7-15/h2-4,6-11H,5,12-13H2,1H3,(H,18,19). The van der Waals surface area contributed by atoms with Crippen molar-refractivity contribution >= 4 is 28.5 Å². The summed E-state index contributed by atoms with van der Waals surface area (Å²) in [6, 6.07) is 17.1. The fourth-order valence-corrected chi connectivity index (χ4v) is 3.27. The normalized spacial score (nSPS) is 11.9. The van der Waals surface area contributed by atoms with Crippen molar-refractivity contribution in [3.63, 3.8) is 0 Å². The summed E-state index contributed by atoms with van der Waals surface area (Å²) in [7, 11) is -1.01. The van der Waals surface area contributed by atoms with Crippen LogP contribution < -0.4 is 5.32 Å². The Balaban J connectivity index is 1.70. The predicted octanol–water partition coefficient (Wildman–Crippen LogP) is 3.34. The highest BCUT2D eigenvalue weighted by Gasteiger charge is 2.05. The largest absolute Gasteiger partial charge is 0.352 e. The van der Waals surface area contributed by atoms with Gasteiger partial charge in [0.15, 0.2) is 0 Å². The zero-order valence-electron chi connectivity index (χ0n) is 12.5. The van der Waals surface area contributed by atoms with E-state index in [0.29, 0.717) is 12.1 Å². The van der Waals surface area contributed by atoms with Gasteiger partial charge in [-0.3, -0.25) is 9.00 Å². The van der Waals surface area contributed by atoms with Crippen LogP contribution in [0.3, 0.4) is 0 Å². The Bertz CT molecular complexity index is 627. The first kappa shape index (κ1) is 16.8. The van der Waals surface area contributed by atoms with E-state index in [9.17, 15) is 9.00 Å². The van der Waals surface area contributed by atoms with Crippen molar-refractivity contribution in [3.05, 3.63) is 60.2 Å². The van der Waals surface area contributed by atoms with Crippen molar-refractivity contribution in [2.75, 3.05) is 18.6 Å². The molecule has 0 aliphatic carbocycles. The number of carbonyl (C=O) groups is 1. The summed E-state index contributed by atoms with van der Waals surface area (Å²) in [6.07, 6.45) is 2.54. The van der Waals surface area contributed by atoms with Crippen LogP contribution in [0.4, 0.5) is 0 Å². The van der Waals surface area contributed by atoms with Gasteiger partial charge in [-0.2, -0.15) is 0 Å². The molecule has 22 heavy (non-hydrogen) atoms. The van der Waals surface area contributed by atoms with E-state index < -0.39 is 10.8 Å². The van der Waals surface area contributed by atoms with Crippen molar-refractivity contribution in [2.45, 2.75) is 16.2 Å². The number of nitrogens with one attached hydrogen (secondary N) is 1. The number of hydrogen-bond donors (Lipinski definition) is 1. The van der Waals surface area contributed by atoms with Gasteiger partial charge in [-0.05, 0) is 48.6 Å². The van der Waals surface area contributed by atoms with Gasteiger partial charge in [0.25, 0.3) is 5.91 Å². The number of rotatable bonds is 7. The summed E-state index contributed by atoms with van der Waals surface area (Å²) in [5.74, 6) is 0.885. The highest BCUT2D eigenvalue weighted by molar-refractivity contribution is 7.99. The van der Waals surface area contributed by atoms with Crippen LogP contribution in [0.5, 0.6) is 0 Å². The van der Waals surface area contributed by atoms with Gasteiger partial charge in [0, 0.05) is 39.0 Å². The molecule has 2 aromatic rings. The van der Waals surface area contributed by atoms with E-state index >= 15 is 0 Å². The quantitative estimate of drug-likeness (QED) is 0.624. The molecule has 0 bridgehead atoms. The Morgan fingerprint density at radius 1 is 1.09 bits per heavy atom. The fourth-order valence-electron chi connectivity index (χ4n) is 1.88. The number of hydrogen-bond acceptors (Lipinski definition) is 3. The maximum atomic E-state index is 12.0. The summed E-state index contributed by atoms with van der Waals surface area (Å²) < 4.78 is 11.3. The van der Waals surface area contributed by atoms with Gasteiger partial charge in [0.1, 0.15) is 0 Å². The molecule has 0 radical (unpaired) electrons. The molecule has 2 aromatic carbocycles. The molecule has 0 saturated carbocycles. The molecule has 0 saturated heterocycles. The predicted molar refractivity (Wildman–Crippen MR) is 92.9 cm³/mol. The second-order valence-corrected chi connectivity index (χ2v) is 7.30. The molecular weight excluding hydrogens is 314 g/mol. The molecule has 0 spiro atoms. The van der Waals surface area contributed by atoms with Crippen LogP contribution in [-0.2, 0) is 10.8 Å². The first-order chi connectivity index (χ1) is 10.7. The van der Waals surface area contributed by atoms with Gasteiger partial charge in [0.05, 0.1) is 0 Å². The molecule has 3 nitrogen and oxygen atoms in total. The Hall–Kier alpha value is -1.59. The Labute approximate surface area is 138 Å². The van der Waals surface area contributed by atoms with Crippen molar-refractivity contribution in [3.8, 4) is 0 Å². The minimum absolute atomic E-state index is 0.0850. The van der Waals surface area contributed by atoms with E-state index in [1.54, 1.807) is 42.3 Å². The lowest BCUT2D eigenvalue weighted by Gasteiger charge is -2.06. The first-order valence-corrected chi connectivity index (χ1v) is 9.61. The monoisotopic (exact) mass is 333 g/mol. The molecule has 1 unspecified atom stereocenters. The average molecular weight is 333 g/mol. The van der Waals surface area contributed by atoms with E-state index in [2.05, 4.69) is 17.4 Å². The van der Waals surface area contributed by atoms with E-state index in [1.165, 1.54) is 4.90 Å². The maximum absolute atomic E-state index is 12.0. The molecule has 116 valence electrons. The van der Waals surface area contributed by atoms with E-state index in [1.807, 2.05) is 18.2 Å². The van der Waals surface area contributed by atoms with E-state index in [0.717, 1.165) is 17.1 Å². The SMILES string of the molecule is CS(=O)c1ccc(C(=O)NCCCSc2ccccc2)cc1. The molecule has 0 heterocycles. The van der Waals surface area contributed by atoms with Crippen molar-refractivity contribution in [1.82, 2.24) is 5.32 Å². The zero-order valence-corrected chi connectivity index (χ0v) is 14.1. The van der Waals surface area contributed by atoms with Crippen molar-refractivity contribution in [2.24, 2.45) is 0 Å². The lowest BCUT2D eigenvalue weighted by molar-refractivity contribution is 0.0953. The van der Waals surface area contributed by atoms with Crippen LogP contribution in [0.2, 0.25) is 0 Å². The molecule has 0 fully saturated rings. The highest BCUT2D eigenvalue weighted by Crippen LogP contribution is 2.17. The lowest BCUT2D eigenvalue weighted by atomic mass is 10.2. The van der Waals surface area contributed by atoms with Gasteiger partial charge in [-0.25, -0.2) is 0 Å². The molecule has 0 aliphatic heterocycles. The summed E-state index contributed by atoms with van der Waals surface area (Å²) in [4.78, 5) is 13.9.